The number of hydrogen-bond donors (Lipinski definition) is 1. The van der Waals surface area contributed by atoms with Gasteiger partial charge in [-0.2, -0.15) is 28.5 Å². The average Bonchev–Trinajstić information content (AvgIpc) is 4.18. The van der Waals surface area contributed by atoms with Gasteiger partial charge in [0, 0.05) is 139 Å². The largest absolute Gasteiger partial charge is 0.471 e. The van der Waals surface area contributed by atoms with E-state index in [1.807, 2.05) is 102 Å². The molecule has 18 nitrogen and oxygen atoms in total. The summed E-state index contributed by atoms with van der Waals surface area (Å²) < 4.78 is 53.7. The van der Waals surface area contributed by atoms with E-state index in [0.717, 1.165) is 63.3 Å². The maximum atomic E-state index is 12.5. The Morgan fingerprint density at radius 1 is 0.556 bits per heavy atom. The number of Topliss-reactive ketones (excluding diaryl/α,β-unsaturated/α-hetero) is 1. The Labute approximate surface area is 423 Å². The highest BCUT2D eigenvalue weighted by Gasteiger charge is 2.44. The van der Waals surface area contributed by atoms with Gasteiger partial charge >= 0.3 is 24.3 Å². The summed E-state index contributed by atoms with van der Waals surface area (Å²) >= 11 is 0. The molecule has 3 unspecified atom stereocenters. The number of hydrogen-bond acceptors (Lipinski definition) is 12. The molecule has 3 aromatic rings. The van der Waals surface area contributed by atoms with Crippen LogP contribution in [-0.2, 0) is 40.2 Å². The molecule has 0 saturated carbocycles. The van der Waals surface area contributed by atoms with Gasteiger partial charge in [0.2, 0.25) is 0 Å². The van der Waals surface area contributed by atoms with Crippen molar-refractivity contribution in [3.63, 3.8) is 0 Å². The fourth-order valence-corrected chi connectivity index (χ4v) is 10.5. The van der Waals surface area contributed by atoms with E-state index in [4.69, 9.17) is 9.47 Å². The Hall–Kier alpha value is -5.02. The number of nitrogens with zero attached hydrogens (tertiary/aromatic N) is 11. The monoisotopic (exact) mass is 1010 g/mol. The highest BCUT2D eigenvalue weighted by Crippen LogP contribution is 2.38. The fraction of sp³-hybridized carbons (Fsp3) is 0.745. The molecule has 21 heteroatoms. The van der Waals surface area contributed by atoms with E-state index in [1.165, 1.54) is 42.4 Å². The summed E-state index contributed by atoms with van der Waals surface area (Å²) in [5.41, 5.74) is 2.93. The van der Waals surface area contributed by atoms with Gasteiger partial charge in [0.05, 0.1) is 18.6 Å². The van der Waals surface area contributed by atoms with Crippen molar-refractivity contribution in [2.75, 3.05) is 58.9 Å². The standard InChI is InChI=1S/C18H30N4O2.C15H21F3N4O.C10H17NO3.C8H13N3/c1-18(2,3)24-17(23)21-10-7-15(8-11-21)22-9-5-6-16(22)14-12-19-20(4)13-14;1-20-10-11(9-19-20)13-3-2-6-22(13)12-4-7-21(8-5-12)14(23)15(16,17)18;1-10(2,3)14-9(13)11-6-4-8(12)5-7-11;1-11-6-7(5-10-11)8-3-2-4-9-8/h12-13,15-16H,5-11H2,1-4H3;9-10,12-13H,2-8H2,1H3;4-7H2,1-3H3;5-6,8-9H,2-4H2,1H3. The second kappa shape index (κ2) is 24.8. The van der Waals surface area contributed by atoms with Gasteiger partial charge in [-0.3, -0.25) is 33.4 Å². The Morgan fingerprint density at radius 2 is 0.958 bits per heavy atom. The second-order valence-corrected chi connectivity index (χ2v) is 22.0. The maximum absolute atomic E-state index is 12.5. The van der Waals surface area contributed by atoms with Crippen LogP contribution in [0.2, 0.25) is 0 Å². The first-order valence-electron chi connectivity index (χ1n) is 26.0. The van der Waals surface area contributed by atoms with Crippen LogP contribution in [0.15, 0.2) is 37.2 Å². The summed E-state index contributed by atoms with van der Waals surface area (Å²) in [5, 5.41) is 16.1. The van der Waals surface area contributed by atoms with Crippen LogP contribution in [0.5, 0.6) is 0 Å². The van der Waals surface area contributed by atoms with Crippen molar-refractivity contribution in [3.05, 3.63) is 53.9 Å². The number of ether oxygens (including phenoxy) is 2. The molecular weight excluding hydrogens is 934 g/mol. The number of likely N-dealkylation sites (tertiary alicyclic amines) is 5. The zero-order chi connectivity index (χ0) is 52.4. The fourth-order valence-electron chi connectivity index (χ4n) is 10.5. The third-order valence-electron chi connectivity index (χ3n) is 14.0. The number of alkyl halides is 3. The molecule has 0 aromatic carbocycles. The molecule has 402 valence electrons. The molecule has 0 bridgehead atoms. The number of rotatable bonds is 5. The third kappa shape index (κ3) is 16.5. The molecule has 6 aliphatic rings. The van der Waals surface area contributed by atoms with Crippen LogP contribution in [0.4, 0.5) is 22.8 Å². The lowest BCUT2D eigenvalue weighted by atomic mass is 10.00. The molecule has 1 N–H and O–H groups in total. The Bertz CT molecular complexity index is 2200. The van der Waals surface area contributed by atoms with E-state index < -0.39 is 23.3 Å². The number of aromatic nitrogens is 6. The number of aryl methyl sites for hydroxylation is 3. The van der Waals surface area contributed by atoms with Crippen molar-refractivity contribution in [3.8, 4) is 0 Å². The summed E-state index contributed by atoms with van der Waals surface area (Å²) in [4.78, 5) is 55.4. The van der Waals surface area contributed by atoms with Crippen LogP contribution < -0.4 is 5.32 Å². The molecule has 0 spiro atoms. The number of piperidine rings is 3. The number of ketones is 1. The van der Waals surface area contributed by atoms with Crippen LogP contribution in [0.3, 0.4) is 0 Å². The van der Waals surface area contributed by atoms with E-state index in [2.05, 4.69) is 42.8 Å². The third-order valence-corrected chi connectivity index (χ3v) is 14.0. The van der Waals surface area contributed by atoms with Crippen LogP contribution in [0.25, 0.3) is 0 Å². The first kappa shape index (κ1) is 56.3. The minimum absolute atomic E-state index is 0.175. The van der Waals surface area contributed by atoms with Gasteiger partial charge in [0.25, 0.3) is 0 Å². The zero-order valence-electron chi connectivity index (χ0n) is 44.2. The van der Waals surface area contributed by atoms with Crippen LogP contribution >= 0.6 is 0 Å². The summed E-state index contributed by atoms with van der Waals surface area (Å²) in [6.45, 7) is 17.4. The Balaban J connectivity index is 0.000000164. The van der Waals surface area contributed by atoms with Crippen molar-refractivity contribution in [2.45, 2.75) is 166 Å². The van der Waals surface area contributed by atoms with Gasteiger partial charge in [-0.25, -0.2) is 9.59 Å². The smallest absolute Gasteiger partial charge is 0.444 e. The average molecular weight is 1020 g/mol. The lowest BCUT2D eigenvalue weighted by molar-refractivity contribution is -0.186. The van der Waals surface area contributed by atoms with Crippen LogP contribution in [-0.4, -0.2) is 166 Å². The topological polar surface area (TPSA) is 168 Å². The molecule has 6 saturated heterocycles. The van der Waals surface area contributed by atoms with Crippen molar-refractivity contribution in [1.29, 1.82) is 0 Å². The first-order chi connectivity index (χ1) is 33.9. The quantitative estimate of drug-likeness (QED) is 0.268. The minimum atomic E-state index is -4.77. The molecule has 3 aromatic heterocycles. The van der Waals surface area contributed by atoms with E-state index in [9.17, 15) is 32.3 Å². The van der Waals surface area contributed by atoms with Gasteiger partial charge in [0.1, 0.15) is 17.0 Å². The molecule has 72 heavy (non-hydrogen) atoms. The van der Waals surface area contributed by atoms with E-state index in [1.54, 1.807) is 9.58 Å². The molecule has 9 rings (SSSR count). The van der Waals surface area contributed by atoms with Gasteiger partial charge in [-0.05, 0) is 125 Å². The predicted octanol–water partition coefficient (Wildman–Crippen LogP) is 7.50. The number of nitrogens with one attached hydrogen (secondary N) is 1. The maximum Gasteiger partial charge on any atom is 0.471 e. The lowest BCUT2D eigenvalue weighted by Gasteiger charge is -2.39. The number of carbonyl (C=O) groups excluding carboxylic acids is 4. The lowest BCUT2D eigenvalue weighted by Crippen LogP contribution is -2.49. The van der Waals surface area contributed by atoms with Gasteiger partial charge in [-0.1, -0.05) is 0 Å². The number of carbonyl (C=O) groups is 4. The summed E-state index contributed by atoms with van der Waals surface area (Å²) in [5.74, 6) is -1.48. The van der Waals surface area contributed by atoms with E-state index in [-0.39, 0.29) is 37.1 Å². The van der Waals surface area contributed by atoms with Crippen LogP contribution in [0.1, 0.15) is 153 Å². The van der Waals surface area contributed by atoms with Crippen molar-refractivity contribution in [1.82, 2.24) is 59.2 Å². The van der Waals surface area contributed by atoms with Crippen molar-refractivity contribution >= 4 is 23.9 Å². The van der Waals surface area contributed by atoms with Crippen molar-refractivity contribution in [2.24, 2.45) is 21.1 Å². The highest BCUT2D eigenvalue weighted by atomic mass is 19.4. The molecule has 9 heterocycles. The number of amides is 3. The summed E-state index contributed by atoms with van der Waals surface area (Å²) in [6, 6.07) is 2.12. The first-order valence-corrected chi connectivity index (χ1v) is 26.0. The molecule has 0 aliphatic carbocycles. The normalized spacial score (nSPS) is 22.9. The molecule has 3 amide bonds. The molecule has 6 fully saturated rings. The molecule has 6 aliphatic heterocycles. The summed E-state index contributed by atoms with van der Waals surface area (Å²) in [7, 11) is 5.81. The number of halogens is 3. The SMILES string of the molecule is CC(C)(C)OC(=O)N1CCC(=O)CC1.Cn1cc(C2CCCN2)cn1.Cn1cc(C2CCCN2C2CCN(C(=O)C(F)(F)F)CC2)cn1.Cn1cc(C2CCCN2C2CCN(C(=O)OC(C)(C)C)CC2)cn1. The highest BCUT2D eigenvalue weighted by molar-refractivity contribution is 5.82. The predicted molar refractivity (Wildman–Crippen MR) is 265 cm³/mol. The molecule has 0 radical (unpaired) electrons. The molecular formula is C51H81F3N12O6. The minimum Gasteiger partial charge on any atom is -0.444 e. The van der Waals surface area contributed by atoms with E-state index >= 15 is 0 Å². The van der Waals surface area contributed by atoms with Crippen molar-refractivity contribution < 1.29 is 41.8 Å². The van der Waals surface area contributed by atoms with Gasteiger partial charge in [0.15, 0.2) is 0 Å². The Morgan fingerprint density at radius 3 is 1.32 bits per heavy atom. The van der Waals surface area contributed by atoms with Gasteiger partial charge < -0.3 is 29.5 Å². The molecule has 3 atom stereocenters. The summed E-state index contributed by atoms with van der Waals surface area (Å²) in [6.07, 6.45) is 18.1. The Kier molecular flexibility index (Phi) is 19.4. The second-order valence-electron chi connectivity index (χ2n) is 22.0. The van der Waals surface area contributed by atoms with Gasteiger partial charge in [-0.15, -0.1) is 0 Å². The van der Waals surface area contributed by atoms with Crippen LogP contribution in [0, 0.1) is 0 Å². The zero-order valence-corrected chi connectivity index (χ0v) is 44.2. The van der Waals surface area contributed by atoms with E-state index in [0.29, 0.717) is 62.9 Å².